The third-order valence-corrected chi connectivity index (χ3v) is 1.96. The first-order valence-electron chi connectivity index (χ1n) is 3.81. The first kappa shape index (κ1) is 8.77. The molecule has 4 nitrogen and oxygen atoms in total. The van der Waals surface area contributed by atoms with Gasteiger partial charge in [0.05, 0.1) is 0 Å². The minimum absolute atomic E-state index is 0.127. The minimum Gasteiger partial charge on any atom is -0.357 e. The number of hydrogen-bond acceptors (Lipinski definition) is 2. The molecule has 1 rings (SSSR count). The maximum absolute atomic E-state index is 11.2. The second-order valence-electron chi connectivity index (χ2n) is 2.85. The SMILES string of the molecule is C=CC(=O)NC1(C(=O)NC)CC1. The minimum atomic E-state index is -0.639. The van der Waals surface area contributed by atoms with E-state index < -0.39 is 5.54 Å². The molecular weight excluding hydrogens is 156 g/mol. The maximum atomic E-state index is 11.2. The van der Waals surface area contributed by atoms with Gasteiger partial charge in [0.25, 0.3) is 0 Å². The van der Waals surface area contributed by atoms with Crippen LogP contribution in [0.5, 0.6) is 0 Å². The lowest BCUT2D eigenvalue weighted by Crippen LogP contribution is -2.47. The van der Waals surface area contributed by atoms with Gasteiger partial charge in [-0.15, -0.1) is 0 Å². The molecule has 1 aliphatic rings. The Morgan fingerprint density at radius 2 is 2.08 bits per heavy atom. The lowest BCUT2D eigenvalue weighted by atomic mass is 10.2. The molecule has 0 radical (unpaired) electrons. The molecule has 0 spiro atoms. The molecule has 1 fully saturated rings. The molecule has 0 aromatic carbocycles. The van der Waals surface area contributed by atoms with Gasteiger partial charge in [-0.3, -0.25) is 9.59 Å². The summed E-state index contributed by atoms with van der Waals surface area (Å²) in [6, 6.07) is 0. The molecule has 0 heterocycles. The van der Waals surface area contributed by atoms with E-state index >= 15 is 0 Å². The molecule has 0 aromatic heterocycles. The standard InChI is InChI=1S/C8H12N2O2/c1-3-6(11)10-8(4-5-8)7(12)9-2/h3H,1,4-5H2,2H3,(H,9,12)(H,10,11). The molecule has 2 N–H and O–H groups in total. The van der Waals surface area contributed by atoms with Gasteiger partial charge in [-0.05, 0) is 18.9 Å². The highest BCUT2D eigenvalue weighted by Crippen LogP contribution is 2.35. The highest BCUT2D eigenvalue weighted by Gasteiger charge is 2.50. The second-order valence-corrected chi connectivity index (χ2v) is 2.85. The van der Waals surface area contributed by atoms with E-state index in [2.05, 4.69) is 17.2 Å². The predicted octanol–water partition coefficient (Wildman–Crippen LogP) is -0.433. The van der Waals surface area contributed by atoms with Crippen LogP contribution in [0, 0.1) is 0 Å². The van der Waals surface area contributed by atoms with Crippen LogP contribution in [0.2, 0.25) is 0 Å². The summed E-state index contributed by atoms with van der Waals surface area (Å²) in [5.41, 5.74) is -0.639. The molecule has 0 bridgehead atoms. The molecule has 4 heteroatoms. The summed E-state index contributed by atoms with van der Waals surface area (Å²) in [4.78, 5) is 22.1. The van der Waals surface area contributed by atoms with Crippen molar-refractivity contribution in [3.8, 4) is 0 Å². The Balaban J connectivity index is 2.55. The third kappa shape index (κ3) is 1.47. The summed E-state index contributed by atoms with van der Waals surface area (Å²) in [6.07, 6.45) is 2.60. The van der Waals surface area contributed by atoms with Gasteiger partial charge in [0.1, 0.15) is 5.54 Å². The van der Waals surface area contributed by atoms with Crippen LogP contribution in [0.25, 0.3) is 0 Å². The summed E-state index contributed by atoms with van der Waals surface area (Å²) < 4.78 is 0. The van der Waals surface area contributed by atoms with Gasteiger partial charge in [-0.25, -0.2) is 0 Å². The molecular formula is C8H12N2O2. The summed E-state index contributed by atoms with van der Waals surface area (Å²) in [6.45, 7) is 3.31. The molecule has 0 atom stereocenters. The molecule has 1 saturated carbocycles. The van der Waals surface area contributed by atoms with Crippen molar-refractivity contribution in [3.05, 3.63) is 12.7 Å². The number of carbonyl (C=O) groups is 2. The second kappa shape index (κ2) is 2.97. The topological polar surface area (TPSA) is 58.2 Å². The Kier molecular flexibility index (Phi) is 2.17. The van der Waals surface area contributed by atoms with Crippen molar-refractivity contribution < 1.29 is 9.59 Å². The predicted molar refractivity (Wildman–Crippen MR) is 44.4 cm³/mol. The van der Waals surface area contributed by atoms with Crippen LogP contribution in [0.1, 0.15) is 12.8 Å². The summed E-state index contributed by atoms with van der Waals surface area (Å²) in [5.74, 6) is -0.422. The van der Waals surface area contributed by atoms with Crippen molar-refractivity contribution >= 4 is 11.8 Å². The smallest absolute Gasteiger partial charge is 0.245 e. The number of carbonyl (C=O) groups excluding carboxylic acids is 2. The Morgan fingerprint density at radius 3 is 2.42 bits per heavy atom. The quantitative estimate of drug-likeness (QED) is 0.562. The zero-order chi connectivity index (χ0) is 9.19. The van der Waals surface area contributed by atoms with E-state index in [-0.39, 0.29) is 11.8 Å². The van der Waals surface area contributed by atoms with E-state index in [1.54, 1.807) is 7.05 Å². The number of hydrogen-bond donors (Lipinski definition) is 2. The van der Waals surface area contributed by atoms with Gasteiger partial charge in [0.2, 0.25) is 11.8 Å². The van der Waals surface area contributed by atoms with Gasteiger partial charge in [-0.1, -0.05) is 6.58 Å². The Labute approximate surface area is 71.0 Å². The van der Waals surface area contributed by atoms with Crippen molar-refractivity contribution in [1.29, 1.82) is 0 Å². The molecule has 0 unspecified atom stereocenters. The van der Waals surface area contributed by atoms with Crippen molar-refractivity contribution in [2.75, 3.05) is 7.05 Å². The van der Waals surface area contributed by atoms with Gasteiger partial charge in [0, 0.05) is 7.05 Å². The van der Waals surface area contributed by atoms with Crippen LogP contribution < -0.4 is 10.6 Å². The van der Waals surface area contributed by atoms with Crippen LogP contribution >= 0.6 is 0 Å². The van der Waals surface area contributed by atoms with Crippen molar-refractivity contribution in [3.63, 3.8) is 0 Å². The number of nitrogens with one attached hydrogen (secondary N) is 2. The van der Waals surface area contributed by atoms with Gasteiger partial charge in [-0.2, -0.15) is 0 Å². The van der Waals surface area contributed by atoms with Crippen LogP contribution in [0.4, 0.5) is 0 Å². The average Bonchev–Trinajstić information content (AvgIpc) is 2.84. The maximum Gasteiger partial charge on any atom is 0.245 e. The first-order chi connectivity index (χ1) is 5.64. The zero-order valence-electron chi connectivity index (χ0n) is 7.02. The largest absolute Gasteiger partial charge is 0.357 e. The Morgan fingerprint density at radius 1 is 1.50 bits per heavy atom. The normalized spacial score (nSPS) is 17.8. The fourth-order valence-corrected chi connectivity index (χ4v) is 1.06. The van der Waals surface area contributed by atoms with Crippen LogP contribution in [0.3, 0.4) is 0 Å². The highest BCUT2D eigenvalue weighted by molar-refractivity contribution is 5.97. The molecule has 1 aliphatic carbocycles. The molecule has 66 valence electrons. The van der Waals surface area contributed by atoms with E-state index in [4.69, 9.17) is 0 Å². The number of likely N-dealkylation sites (N-methyl/N-ethyl adjacent to an activating group) is 1. The Hall–Kier alpha value is -1.32. The molecule has 0 aromatic rings. The van der Waals surface area contributed by atoms with E-state index in [1.807, 2.05) is 0 Å². The summed E-state index contributed by atoms with van der Waals surface area (Å²) in [7, 11) is 1.56. The summed E-state index contributed by atoms with van der Waals surface area (Å²) in [5, 5.41) is 5.11. The van der Waals surface area contributed by atoms with Crippen LogP contribution in [0.15, 0.2) is 12.7 Å². The number of amides is 2. The van der Waals surface area contributed by atoms with Crippen molar-refractivity contribution in [1.82, 2.24) is 10.6 Å². The lowest BCUT2D eigenvalue weighted by molar-refractivity contribution is -0.127. The van der Waals surface area contributed by atoms with Crippen LogP contribution in [-0.4, -0.2) is 24.4 Å². The third-order valence-electron chi connectivity index (χ3n) is 1.96. The van der Waals surface area contributed by atoms with E-state index in [1.165, 1.54) is 6.08 Å². The van der Waals surface area contributed by atoms with E-state index in [0.717, 1.165) is 0 Å². The van der Waals surface area contributed by atoms with Gasteiger partial charge < -0.3 is 10.6 Å². The fraction of sp³-hybridized carbons (Fsp3) is 0.500. The molecule has 12 heavy (non-hydrogen) atoms. The fourth-order valence-electron chi connectivity index (χ4n) is 1.06. The summed E-state index contributed by atoms with van der Waals surface area (Å²) >= 11 is 0. The van der Waals surface area contributed by atoms with Crippen molar-refractivity contribution in [2.24, 2.45) is 0 Å². The Bertz CT molecular complexity index is 231. The van der Waals surface area contributed by atoms with E-state index in [9.17, 15) is 9.59 Å². The van der Waals surface area contributed by atoms with Gasteiger partial charge in [0.15, 0.2) is 0 Å². The van der Waals surface area contributed by atoms with E-state index in [0.29, 0.717) is 12.8 Å². The number of rotatable bonds is 3. The van der Waals surface area contributed by atoms with Gasteiger partial charge >= 0.3 is 0 Å². The lowest BCUT2D eigenvalue weighted by Gasteiger charge is -2.13. The monoisotopic (exact) mass is 168 g/mol. The highest BCUT2D eigenvalue weighted by atomic mass is 16.2. The van der Waals surface area contributed by atoms with Crippen molar-refractivity contribution in [2.45, 2.75) is 18.4 Å². The molecule has 2 amide bonds. The first-order valence-corrected chi connectivity index (χ1v) is 3.81. The average molecular weight is 168 g/mol. The molecule has 0 saturated heterocycles. The van der Waals surface area contributed by atoms with Crippen LogP contribution in [-0.2, 0) is 9.59 Å². The molecule has 0 aliphatic heterocycles. The zero-order valence-corrected chi connectivity index (χ0v) is 7.02.